The quantitative estimate of drug-likeness (QED) is 0.561. The Labute approximate surface area is 189 Å². The molecule has 5 rings (SSSR count). The number of phenolic OH excluding ortho intramolecular Hbond substituents is 1. The monoisotopic (exact) mass is 452 g/mol. The minimum atomic E-state index is -0.143. The predicted molar refractivity (Wildman–Crippen MR) is 124 cm³/mol. The molecule has 1 fully saturated rings. The van der Waals surface area contributed by atoms with Gasteiger partial charge in [-0.3, -0.25) is 9.69 Å². The molecule has 3 heterocycles. The number of benzene rings is 2. The summed E-state index contributed by atoms with van der Waals surface area (Å²) in [5.41, 5.74) is 2.29. The number of thiophene rings is 1. The van der Waals surface area contributed by atoms with E-state index >= 15 is 0 Å². The van der Waals surface area contributed by atoms with Gasteiger partial charge in [-0.15, -0.1) is 11.3 Å². The Bertz CT molecular complexity index is 1150. The molecule has 1 saturated heterocycles. The van der Waals surface area contributed by atoms with Crippen molar-refractivity contribution in [2.24, 2.45) is 0 Å². The van der Waals surface area contributed by atoms with Gasteiger partial charge in [0, 0.05) is 54.4 Å². The van der Waals surface area contributed by atoms with Crippen molar-refractivity contribution in [3.63, 3.8) is 0 Å². The zero-order valence-electron chi connectivity index (χ0n) is 16.8. The van der Waals surface area contributed by atoms with Gasteiger partial charge in [-0.1, -0.05) is 23.7 Å². The number of ether oxygens (including phenoxy) is 1. The number of anilines is 1. The number of piperazine rings is 1. The first-order valence-corrected chi connectivity index (χ1v) is 11.4. The number of hydrogen-bond acceptors (Lipinski definition) is 6. The van der Waals surface area contributed by atoms with E-state index in [0.29, 0.717) is 29.2 Å². The molecule has 31 heavy (non-hydrogen) atoms. The maximum atomic E-state index is 12.8. The van der Waals surface area contributed by atoms with Crippen molar-refractivity contribution in [3.8, 4) is 11.5 Å². The molecule has 7 heteroatoms. The first-order valence-electron chi connectivity index (χ1n) is 10.1. The lowest BCUT2D eigenvalue weighted by molar-refractivity contribution is 0.101. The van der Waals surface area contributed by atoms with Crippen molar-refractivity contribution in [2.75, 3.05) is 31.1 Å². The number of Topliss-reactive ketones (excluding diaryl/α,β-unsaturated/α-hetero) is 1. The number of rotatable bonds is 4. The van der Waals surface area contributed by atoms with Gasteiger partial charge >= 0.3 is 0 Å². The SMILES string of the molecule is O=C1/C(=C/c2cccs2)Oc2c1ccc(O)c2CN1CCN(c2cccc(Cl)c2)CC1. The third-order valence-corrected chi connectivity index (χ3v) is 6.71. The molecule has 0 radical (unpaired) electrons. The van der Waals surface area contributed by atoms with Crippen molar-refractivity contribution < 1.29 is 14.6 Å². The second kappa shape index (κ2) is 8.38. The molecule has 158 valence electrons. The van der Waals surface area contributed by atoms with E-state index in [9.17, 15) is 9.90 Å². The Morgan fingerprint density at radius 2 is 1.94 bits per heavy atom. The number of phenols is 1. The molecule has 2 aliphatic rings. The molecule has 0 aliphatic carbocycles. The van der Waals surface area contributed by atoms with E-state index in [1.54, 1.807) is 29.5 Å². The fourth-order valence-corrected chi connectivity index (χ4v) is 4.84. The first kappa shape index (κ1) is 20.1. The number of aromatic hydroxyl groups is 1. The van der Waals surface area contributed by atoms with Gasteiger partial charge in [-0.25, -0.2) is 0 Å². The lowest BCUT2D eigenvalue weighted by Crippen LogP contribution is -2.46. The Hall–Kier alpha value is -2.80. The van der Waals surface area contributed by atoms with Crippen LogP contribution in [0.3, 0.4) is 0 Å². The number of fused-ring (bicyclic) bond motifs is 1. The van der Waals surface area contributed by atoms with Crippen LogP contribution in [0.25, 0.3) is 6.08 Å². The average Bonchev–Trinajstić information content (AvgIpc) is 3.39. The molecule has 0 bridgehead atoms. The van der Waals surface area contributed by atoms with Crippen molar-refractivity contribution in [2.45, 2.75) is 6.54 Å². The fourth-order valence-electron chi connectivity index (χ4n) is 4.01. The number of nitrogens with zero attached hydrogens (tertiary/aromatic N) is 2. The number of hydrogen-bond donors (Lipinski definition) is 1. The Balaban J connectivity index is 1.32. The molecule has 1 N–H and O–H groups in total. The van der Waals surface area contributed by atoms with Crippen molar-refractivity contribution in [3.05, 3.63) is 80.7 Å². The van der Waals surface area contributed by atoms with E-state index in [0.717, 1.165) is 41.8 Å². The lowest BCUT2D eigenvalue weighted by Gasteiger charge is -2.36. The zero-order valence-corrected chi connectivity index (χ0v) is 18.3. The summed E-state index contributed by atoms with van der Waals surface area (Å²) in [4.78, 5) is 18.3. The van der Waals surface area contributed by atoms with Crippen LogP contribution in [-0.2, 0) is 6.54 Å². The van der Waals surface area contributed by atoms with Crippen LogP contribution in [0, 0.1) is 0 Å². The Morgan fingerprint density at radius 1 is 1.10 bits per heavy atom. The van der Waals surface area contributed by atoms with Gasteiger partial charge in [0.25, 0.3) is 0 Å². The molecule has 0 atom stereocenters. The van der Waals surface area contributed by atoms with E-state index in [-0.39, 0.29) is 11.5 Å². The van der Waals surface area contributed by atoms with Crippen LogP contribution in [0.5, 0.6) is 11.5 Å². The highest BCUT2D eigenvalue weighted by Crippen LogP contribution is 2.40. The van der Waals surface area contributed by atoms with Gasteiger partial charge in [0.2, 0.25) is 5.78 Å². The summed E-state index contributed by atoms with van der Waals surface area (Å²) < 4.78 is 5.96. The molecular formula is C24H21ClN2O3S. The highest BCUT2D eigenvalue weighted by atomic mass is 35.5. The van der Waals surface area contributed by atoms with Crippen LogP contribution in [0.15, 0.2) is 59.7 Å². The third kappa shape index (κ3) is 4.06. The molecular weight excluding hydrogens is 432 g/mol. The van der Waals surface area contributed by atoms with Crippen LogP contribution >= 0.6 is 22.9 Å². The standard InChI is InChI=1S/C24H21ClN2O3S/c25-16-3-1-4-17(13-16)27-10-8-26(9-11-27)15-20-21(28)7-6-19-23(29)22(30-24(19)20)14-18-5-2-12-31-18/h1-7,12-14,28H,8-11,15H2/b22-14-. The zero-order chi connectivity index (χ0) is 21.4. The highest BCUT2D eigenvalue weighted by molar-refractivity contribution is 7.10. The Morgan fingerprint density at radius 3 is 2.68 bits per heavy atom. The highest BCUT2D eigenvalue weighted by Gasteiger charge is 2.32. The van der Waals surface area contributed by atoms with Gasteiger partial charge in [-0.05, 0) is 41.8 Å². The molecule has 2 aromatic carbocycles. The number of carbonyl (C=O) groups is 1. The minimum Gasteiger partial charge on any atom is -0.507 e. The summed E-state index contributed by atoms with van der Waals surface area (Å²) in [6, 6.07) is 15.0. The van der Waals surface area contributed by atoms with Crippen LogP contribution in [0.1, 0.15) is 20.8 Å². The summed E-state index contributed by atoms with van der Waals surface area (Å²) in [5.74, 6) is 0.789. The molecule has 0 unspecified atom stereocenters. The van der Waals surface area contributed by atoms with Crippen LogP contribution < -0.4 is 9.64 Å². The number of carbonyl (C=O) groups excluding carboxylic acids is 1. The Kier molecular flexibility index (Phi) is 5.44. The van der Waals surface area contributed by atoms with Gasteiger partial charge in [0.15, 0.2) is 5.76 Å². The normalized spacial score (nSPS) is 17.8. The lowest BCUT2D eigenvalue weighted by atomic mass is 10.0. The van der Waals surface area contributed by atoms with Crippen molar-refractivity contribution >= 4 is 40.5 Å². The molecule has 3 aromatic rings. The second-order valence-electron chi connectivity index (χ2n) is 7.64. The molecule has 2 aliphatic heterocycles. The summed E-state index contributed by atoms with van der Waals surface area (Å²) in [7, 11) is 0. The van der Waals surface area contributed by atoms with E-state index < -0.39 is 0 Å². The molecule has 0 saturated carbocycles. The minimum absolute atomic E-state index is 0.143. The molecule has 0 spiro atoms. The molecule has 0 amide bonds. The van der Waals surface area contributed by atoms with Gasteiger partial charge in [0.1, 0.15) is 11.5 Å². The smallest absolute Gasteiger partial charge is 0.232 e. The van der Waals surface area contributed by atoms with Gasteiger partial charge in [-0.2, -0.15) is 0 Å². The second-order valence-corrected chi connectivity index (χ2v) is 9.05. The van der Waals surface area contributed by atoms with E-state index in [1.807, 2.05) is 35.7 Å². The van der Waals surface area contributed by atoms with Gasteiger partial charge < -0.3 is 14.7 Å². The topological polar surface area (TPSA) is 53.0 Å². The van der Waals surface area contributed by atoms with E-state index in [4.69, 9.17) is 16.3 Å². The predicted octanol–water partition coefficient (Wildman–Crippen LogP) is 5.05. The van der Waals surface area contributed by atoms with Crippen molar-refractivity contribution in [1.29, 1.82) is 0 Å². The summed E-state index contributed by atoms with van der Waals surface area (Å²) in [6.07, 6.45) is 1.76. The van der Waals surface area contributed by atoms with E-state index in [1.165, 1.54) is 0 Å². The van der Waals surface area contributed by atoms with Crippen LogP contribution in [0.4, 0.5) is 5.69 Å². The number of ketones is 1. The fraction of sp³-hybridized carbons (Fsp3) is 0.208. The average molecular weight is 453 g/mol. The van der Waals surface area contributed by atoms with Crippen LogP contribution in [-0.4, -0.2) is 42.0 Å². The van der Waals surface area contributed by atoms with E-state index in [2.05, 4.69) is 15.9 Å². The first-order chi connectivity index (χ1) is 15.1. The van der Waals surface area contributed by atoms with Crippen molar-refractivity contribution in [1.82, 2.24) is 4.90 Å². The molecule has 5 nitrogen and oxygen atoms in total. The summed E-state index contributed by atoms with van der Waals surface area (Å²) in [6.45, 7) is 3.92. The largest absolute Gasteiger partial charge is 0.507 e. The summed E-state index contributed by atoms with van der Waals surface area (Å²) >= 11 is 7.68. The summed E-state index contributed by atoms with van der Waals surface area (Å²) in [5, 5.41) is 13.2. The third-order valence-electron chi connectivity index (χ3n) is 5.66. The van der Waals surface area contributed by atoms with Crippen LogP contribution in [0.2, 0.25) is 5.02 Å². The maximum Gasteiger partial charge on any atom is 0.232 e. The van der Waals surface area contributed by atoms with Gasteiger partial charge in [0.05, 0.1) is 11.1 Å². The molecule has 1 aromatic heterocycles. The maximum absolute atomic E-state index is 12.8. The number of allylic oxidation sites excluding steroid dienone is 1. The number of halogens is 1.